The predicted octanol–water partition coefficient (Wildman–Crippen LogP) is 5.24. The second-order valence-corrected chi connectivity index (χ2v) is 5.56. The summed E-state index contributed by atoms with van der Waals surface area (Å²) in [6.07, 6.45) is 0. The molecule has 0 heterocycles. The lowest BCUT2D eigenvalue weighted by Crippen LogP contribution is -2.02. The number of hydrogen-bond donors (Lipinski definition) is 1. The van der Waals surface area contributed by atoms with Gasteiger partial charge in [-0.15, -0.1) is 0 Å². The van der Waals surface area contributed by atoms with Crippen molar-refractivity contribution in [1.29, 1.82) is 0 Å². The molecule has 0 radical (unpaired) electrons. The highest BCUT2D eigenvalue weighted by molar-refractivity contribution is 9.10. The van der Waals surface area contributed by atoms with E-state index in [2.05, 4.69) is 37.2 Å². The van der Waals surface area contributed by atoms with Crippen LogP contribution in [0.5, 0.6) is 0 Å². The van der Waals surface area contributed by atoms with Crippen LogP contribution in [0, 0.1) is 17.5 Å². The van der Waals surface area contributed by atoms with E-state index in [1.54, 1.807) is 12.1 Å². The van der Waals surface area contributed by atoms with Crippen LogP contribution < -0.4 is 5.32 Å². The van der Waals surface area contributed by atoms with Crippen LogP contribution in [0.1, 0.15) is 5.56 Å². The highest BCUT2D eigenvalue weighted by Crippen LogP contribution is 2.24. The van der Waals surface area contributed by atoms with Gasteiger partial charge >= 0.3 is 0 Å². The molecule has 2 aromatic rings. The summed E-state index contributed by atoms with van der Waals surface area (Å²) in [5, 5.41) is 2.76. The van der Waals surface area contributed by atoms with Gasteiger partial charge < -0.3 is 5.32 Å². The van der Waals surface area contributed by atoms with Gasteiger partial charge in [-0.25, -0.2) is 13.2 Å². The Hall–Kier alpha value is -1.01. The van der Waals surface area contributed by atoms with Gasteiger partial charge in [0.2, 0.25) is 0 Å². The molecule has 0 aliphatic rings. The van der Waals surface area contributed by atoms with E-state index >= 15 is 0 Å². The molecular formula is C13H8Br2F3N. The van der Waals surface area contributed by atoms with Crippen molar-refractivity contribution in [3.63, 3.8) is 0 Å². The molecule has 1 nitrogen and oxygen atoms in total. The van der Waals surface area contributed by atoms with Crippen molar-refractivity contribution in [2.45, 2.75) is 6.54 Å². The van der Waals surface area contributed by atoms with E-state index in [1.165, 1.54) is 6.07 Å². The Balaban J connectivity index is 2.14. The number of halogens is 5. The normalized spacial score (nSPS) is 10.6. The third-order valence-electron chi connectivity index (χ3n) is 2.48. The largest absolute Gasteiger partial charge is 0.379 e. The minimum Gasteiger partial charge on any atom is -0.379 e. The van der Waals surface area contributed by atoms with Crippen molar-refractivity contribution < 1.29 is 13.2 Å². The van der Waals surface area contributed by atoms with Crippen molar-refractivity contribution in [2.75, 3.05) is 5.32 Å². The van der Waals surface area contributed by atoms with Gasteiger partial charge in [0, 0.05) is 12.6 Å². The highest BCUT2D eigenvalue weighted by atomic mass is 79.9. The molecule has 0 fully saturated rings. The lowest BCUT2D eigenvalue weighted by Gasteiger charge is -2.09. The Morgan fingerprint density at radius 2 is 1.53 bits per heavy atom. The zero-order chi connectivity index (χ0) is 14.0. The van der Waals surface area contributed by atoms with Gasteiger partial charge in [0.15, 0.2) is 0 Å². The van der Waals surface area contributed by atoms with E-state index < -0.39 is 11.6 Å². The Bertz CT molecular complexity index is 617. The first-order chi connectivity index (χ1) is 8.97. The second kappa shape index (κ2) is 5.96. The summed E-state index contributed by atoms with van der Waals surface area (Å²) >= 11 is 5.97. The van der Waals surface area contributed by atoms with Crippen LogP contribution in [0.15, 0.2) is 39.3 Å². The van der Waals surface area contributed by atoms with Crippen LogP contribution in [-0.4, -0.2) is 0 Å². The van der Waals surface area contributed by atoms with E-state index in [1.807, 2.05) is 0 Å². The quantitative estimate of drug-likeness (QED) is 0.702. The van der Waals surface area contributed by atoms with Crippen molar-refractivity contribution >= 4 is 37.5 Å². The zero-order valence-electron chi connectivity index (χ0n) is 9.48. The van der Waals surface area contributed by atoms with Gasteiger partial charge in [-0.2, -0.15) is 0 Å². The molecule has 0 saturated carbocycles. The van der Waals surface area contributed by atoms with Crippen LogP contribution >= 0.6 is 31.9 Å². The first kappa shape index (κ1) is 14.4. The van der Waals surface area contributed by atoms with E-state index in [0.717, 1.165) is 17.7 Å². The van der Waals surface area contributed by atoms with Crippen molar-refractivity contribution in [3.05, 3.63) is 62.3 Å². The van der Waals surface area contributed by atoms with E-state index in [4.69, 9.17) is 0 Å². The summed E-state index contributed by atoms with van der Waals surface area (Å²) in [6, 6.07) is 6.57. The van der Waals surface area contributed by atoms with Gasteiger partial charge in [0.1, 0.15) is 17.5 Å². The molecule has 0 saturated heterocycles. The minimum atomic E-state index is -0.561. The SMILES string of the molecule is Fc1ccc(CNc2cc(F)c(Br)cc2F)cc1Br. The molecule has 6 heteroatoms. The molecule has 0 atom stereocenters. The molecule has 2 rings (SSSR count). The summed E-state index contributed by atoms with van der Waals surface area (Å²) in [4.78, 5) is 0. The standard InChI is InChI=1S/C13H8Br2F3N/c14-8-3-7(1-2-10(8)16)6-19-13-5-11(17)9(15)4-12(13)18/h1-5,19H,6H2. The number of rotatable bonds is 3. The van der Waals surface area contributed by atoms with E-state index in [0.29, 0.717) is 4.47 Å². The summed E-state index contributed by atoms with van der Waals surface area (Å²) in [5.74, 6) is -1.48. The number of hydrogen-bond acceptors (Lipinski definition) is 1. The smallest absolute Gasteiger partial charge is 0.147 e. The number of anilines is 1. The summed E-state index contributed by atoms with van der Waals surface area (Å²) < 4.78 is 40.3. The maximum atomic E-state index is 13.5. The fraction of sp³-hybridized carbons (Fsp3) is 0.0769. The summed E-state index contributed by atoms with van der Waals surface area (Å²) in [7, 11) is 0. The fourth-order valence-corrected chi connectivity index (χ4v) is 2.25. The van der Waals surface area contributed by atoms with Crippen LogP contribution in [0.2, 0.25) is 0 Å². The third-order valence-corrected chi connectivity index (χ3v) is 3.69. The molecule has 0 aliphatic carbocycles. The average Bonchev–Trinajstić information content (AvgIpc) is 2.36. The zero-order valence-corrected chi connectivity index (χ0v) is 12.7. The number of nitrogens with one attached hydrogen (secondary N) is 1. The Morgan fingerprint density at radius 1 is 0.842 bits per heavy atom. The van der Waals surface area contributed by atoms with Gasteiger partial charge in [0.05, 0.1) is 14.6 Å². The lowest BCUT2D eigenvalue weighted by atomic mass is 10.2. The van der Waals surface area contributed by atoms with Crippen molar-refractivity contribution in [2.24, 2.45) is 0 Å². The molecule has 0 aromatic heterocycles. The van der Waals surface area contributed by atoms with Crippen LogP contribution in [0.3, 0.4) is 0 Å². The van der Waals surface area contributed by atoms with Gasteiger partial charge in [0.25, 0.3) is 0 Å². The Morgan fingerprint density at radius 3 is 2.21 bits per heavy atom. The van der Waals surface area contributed by atoms with Gasteiger partial charge in [-0.3, -0.25) is 0 Å². The molecule has 1 N–H and O–H groups in total. The molecular weight excluding hydrogens is 387 g/mol. The second-order valence-electron chi connectivity index (χ2n) is 3.85. The first-order valence-electron chi connectivity index (χ1n) is 5.29. The molecule has 2 aromatic carbocycles. The predicted molar refractivity (Wildman–Crippen MR) is 75.5 cm³/mol. The topological polar surface area (TPSA) is 12.0 Å². The molecule has 19 heavy (non-hydrogen) atoms. The third kappa shape index (κ3) is 3.51. The molecule has 0 amide bonds. The fourth-order valence-electron chi connectivity index (χ4n) is 1.50. The van der Waals surface area contributed by atoms with E-state index in [9.17, 15) is 13.2 Å². The average molecular weight is 395 g/mol. The number of benzene rings is 2. The summed E-state index contributed by atoms with van der Waals surface area (Å²) in [5.41, 5.74) is 0.803. The molecule has 0 aliphatic heterocycles. The van der Waals surface area contributed by atoms with Gasteiger partial charge in [-0.05, 0) is 55.6 Å². The van der Waals surface area contributed by atoms with Crippen molar-refractivity contribution in [3.8, 4) is 0 Å². The maximum Gasteiger partial charge on any atom is 0.147 e. The van der Waals surface area contributed by atoms with Crippen molar-refractivity contribution in [1.82, 2.24) is 0 Å². The molecule has 100 valence electrons. The van der Waals surface area contributed by atoms with E-state index in [-0.39, 0.29) is 22.5 Å². The maximum absolute atomic E-state index is 13.5. The highest BCUT2D eigenvalue weighted by Gasteiger charge is 2.08. The van der Waals surface area contributed by atoms with Crippen LogP contribution in [0.25, 0.3) is 0 Å². The molecule has 0 bridgehead atoms. The molecule has 0 unspecified atom stereocenters. The van der Waals surface area contributed by atoms with Gasteiger partial charge in [-0.1, -0.05) is 6.07 Å². The van der Waals surface area contributed by atoms with Crippen LogP contribution in [-0.2, 0) is 6.54 Å². The lowest BCUT2D eigenvalue weighted by molar-refractivity contribution is 0.596. The Labute approximate surface area is 125 Å². The van der Waals surface area contributed by atoms with Crippen LogP contribution in [0.4, 0.5) is 18.9 Å². The first-order valence-corrected chi connectivity index (χ1v) is 6.88. The summed E-state index contributed by atoms with van der Waals surface area (Å²) in [6.45, 7) is 0.261. The molecule has 0 spiro atoms. The Kier molecular flexibility index (Phi) is 4.52. The monoisotopic (exact) mass is 393 g/mol. The minimum absolute atomic E-state index is 0.0566.